The van der Waals surface area contributed by atoms with Crippen LogP contribution in [0.25, 0.3) is 11.2 Å². The first-order valence-corrected chi connectivity index (χ1v) is 7.44. The van der Waals surface area contributed by atoms with Crippen LogP contribution in [0.2, 0.25) is 0 Å². The van der Waals surface area contributed by atoms with E-state index in [0.717, 1.165) is 30.8 Å². The fourth-order valence-corrected chi connectivity index (χ4v) is 2.55. The summed E-state index contributed by atoms with van der Waals surface area (Å²) in [6.45, 7) is 4.70. The number of hydrogen-bond donors (Lipinski definition) is 1. The van der Waals surface area contributed by atoms with Crippen molar-refractivity contribution >= 4 is 28.9 Å². The van der Waals surface area contributed by atoms with E-state index in [1.807, 2.05) is 16.7 Å². The van der Waals surface area contributed by atoms with E-state index in [2.05, 4.69) is 28.8 Å². The number of carboxylic acid groups (broad SMARTS) is 1. The van der Waals surface area contributed by atoms with Crippen molar-refractivity contribution in [2.24, 2.45) is 0 Å². The molecule has 2 rings (SSSR count). The van der Waals surface area contributed by atoms with E-state index in [-0.39, 0.29) is 5.75 Å². The molecule has 108 valence electrons. The highest BCUT2D eigenvalue weighted by Gasteiger charge is 2.13. The van der Waals surface area contributed by atoms with Gasteiger partial charge in [-0.2, -0.15) is 0 Å². The molecule has 0 unspecified atom stereocenters. The molecular weight excluding hydrogens is 276 g/mol. The number of likely N-dealkylation sites (N-methyl/N-ethyl adjacent to an activating group) is 1. The van der Waals surface area contributed by atoms with Gasteiger partial charge in [0.1, 0.15) is 5.52 Å². The lowest BCUT2D eigenvalue weighted by Crippen LogP contribution is -2.23. The zero-order valence-corrected chi connectivity index (χ0v) is 12.4. The Kier molecular flexibility index (Phi) is 4.97. The second-order valence-corrected chi connectivity index (χ2v) is 5.41. The molecule has 6 nitrogen and oxygen atoms in total. The van der Waals surface area contributed by atoms with Crippen molar-refractivity contribution in [1.82, 2.24) is 19.4 Å². The molecule has 2 aromatic heterocycles. The van der Waals surface area contributed by atoms with E-state index in [1.165, 1.54) is 11.8 Å². The van der Waals surface area contributed by atoms with E-state index in [1.54, 1.807) is 6.20 Å². The molecule has 0 aliphatic heterocycles. The monoisotopic (exact) mass is 294 g/mol. The van der Waals surface area contributed by atoms with Crippen LogP contribution in [0, 0.1) is 0 Å². The molecule has 0 radical (unpaired) electrons. The molecule has 0 aromatic carbocycles. The Balaban J connectivity index is 2.26. The highest BCUT2D eigenvalue weighted by atomic mass is 32.2. The van der Waals surface area contributed by atoms with Crippen LogP contribution in [0.4, 0.5) is 0 Å². The Bertz CT molecular complexity index is 599. The summed E-state index contributed by atoms with van der Waals surface area (Å²) in [4.78, 5) is 21.7. The lowest BCUT2D eigenvalue weighted by atomic mass is 10.4. The quantitative estimate of drug-likeness (QED) is 0.781. The molecule has 0 amide bonds. The maximum Gasteiger partial charge on any atom is 0.313 e. The highest BCUT2D eigenvalue weighted by molar-refractivity contribution is 7.99. The van der Waals surface area contributed by atoms with Crippen LogP contribution in [0.3, 0.4) is 0 Å². The van der Waals surface area contributed by atoms with Gasteiger partial charge in [0.05, 0.1) is 5.75 Å². The molecule has 2 aromatic rings. The van der Waals surface area contributed by atoms with Gasteiger partial charge in [0, 0.05) is 19.3 Å². The summed E-state index contributed by atoms with van der Waals surface area (Å²) in [6.07, 6.45) is 1.73. The molecule has 0 saturated carbocycles. The second kappa shape index (κ2) is 6.71. The van der Waals surface area contributed by atoms with Crippen molar-refractivity contribution < 1.29 is 9.90 Å². The molecule has 20 heavy (non-hydrogen) atoms. The lowest BCUT2D eigenvalue weighted by Gasteiger charge is -2.15. The Morgan fingerprint density at radius 2 is 2.35 bits per heavy atom. The van der Waals surface area contributed by atoms with Gasteiger partial charge >= 0.3 is 5.97 Å². The Morgan fingerprint density at radius 3 is 3.05 bits per heavy atom. The van der Waals surface area contributed by atoms with Gasteiger partial charge in [-0.25, -0.2) is 9.97 Å². The molecule has 0 spiro atoms. The Hall–Kier alpha value is -1.60. The van der Waals surface area contributed by atoms with Crippen molar-refractivity contribution in [3.05, 3.63) is 18.3 Å². The van der Waals surface area contributed by atoms with E-state index in [0.29, 0.717) is 5.16 Å². The average Bonchev–Trinajstić information content (AvgIpc) is 2.80. The molecule has 0 atom stereocenters. The Morgan fingerprint density at radius 1 is 1.55 bits per heavy atom. The summed E-state index contributed by atoms with van der Waals surface area (Å²) in [7, 11) is 2.05. The number of carbonyl (C=O) groups is 1. The van der Waals surface area contributed by atoms with Gasteiger partial charge in [0.15, 0.2) is 10.8 Å². The Labute approximate surface area is 121 Å². The largest absolute Gasteiger partial charge is 0.481 e. The van der Waals surface area contributed by atoms with Crippen molar-refractivity contribution in [1.29, 1.82) is 0 Å². The molecule has 7 heteroatoms. The fourth-order valence-electron chi connectivity index (χ4n) is 1.80. The van der Waals surface area contributed by atoms with E-state index < -0.39 is 5.97 Å². The summed E-state index contributed by atoms with van der Waals surface area (Å²) in [5.41, 5.74) is 1.62. The number of hydrogen-bond acceptors (Lipinski definition) is 5. The number of aliphatic carboxylic acids is 1. The van der Waals surface area contributed by atoms with Crippen LogP contribution in [0.5, 0.6) is 0 Å². The lowest BCUT2D eigenvalue weighted by molar-refractivity contribution is -0.133. The topological polar surface area (TPSA) is 71.2 Å². The minimum atomic E-state index is -0.841. The van der Waals surface area contributed by atoms with Crippen LogP contribution in [-0.2, 0) is 11.3 Å². The van der Waals surface area contributed by atoms with Gasteiger partial charge in [-0.15, -0.1) is 0 Å². The van der Waals surface area contributed by atoms with Gasteiger partial charge in [0.2, 0.25) is 0 Å². The van der Waals surface area contributed by atoms with Crippen molar-refractivity contribution in [3.8, 4) is 0 Å². The number of aromatic nitrogens is 3. The third-order valence-corrected chi connectivity index (χ3v) is 4.00. The predicted molar refractivity (Wildman–Crippen MR) is 79.1 cm³/mol. The smallest absolute Gasteiger partial charge is 0.313 e. The summed E-state index contributed by atoms with van der Waals surface area (Å²) in [5.74, 6) is -0.834. The summed E-state index contributed by atoms with van der Waals surface area (Å²) >= 11 is 1.23. The third-order valence-electron chi connectivity index (χ3n) is 3.04. The summed E-state index contributed by atoms with van der Waals surface area (Å²) in [5, 5.41) is 9.53. The van der Waals surface area contributed by atoms with E-state index >= 15 is 0 Å². The van der Waals surface area contributed by atoms with Gasteiger partial charge in [0.25, 0.3) is 0 Å². The zero-order chi connectivity index (χ0) is 14.5. The van der Waals surface area contributed by atoms with Crippen LogP contribution < -0.4 is 0 Å². The third kappa shape index (κ3) is 3.49. The number of nitrogens with zero attached hydrogens (tertiary/aromatic N) is 4. The SMILES string of the molecule is CCN(C)CCn1c(SCC(=O)O)nc2cccnc21. The van der Waals surface area contributed by atoms with Crippen molar-refractivity contribution in [2.75, 3.05) is 25.9 Å². The molecule has 0 bridgehead atoms. The molecule has 0 aliphatic carbocycles. The summed E-state index contributed by atoms with van der Waals surface area (Å²) < 4.78 is 2.00. The van der Waals surface area contributed by atoms with Gasteiger partial charge in [-0.1, -0.05) is 18.7 Å². The number of fused-ring (bicyclic) bond motifs is 1. The maximum atomic E-state index is 10.7. The molecule has 0 aliphatic rings. The van der Waals surface area contributed by atoms with Crippen LogP contribution in [0.15, 0.2) is 23.5 Å². The zero-order valence-electron chi connectivity index (χ0n) is 11.6. The van der Waals surface area contributed by atoms with Crippen molar-refractivity contribution in [3.63, 3.8) is 0 Å². The van der Waals surface area contributed by atoms with Crippen LogP contribution in [0.1, 0.15) is 6.92 Å². The average molecular weight is 294 g/mol. The van der Waals surface area contributed by atoms with Gasteiger partial charge < -0.3 is 14.6 Å². The van der Waals surface area contributed by atoms with Crippen molar-refractivity contribution in [2.45, 2.75) is 18.6 Å². The minimum absolute atomic E-state index is 0.00688. The number of thioether (sulfide) groups is 1. The minimum Gasteiger partial charge on any atom is -0.481 e. The number of rotatable bonds is 7. The van der Waals surface area contributed by atoms with Crippen LogP contribution >= 0.6 is 11.8 Å². The predicted octanol–water partition coefficient (Wildman–Crippen LogP) is 1.56. The van der Waals surface area contributed by atoms with E-state index in [9.17, 15) is 4.79 Å². The van der Waals surface area contributed by atoms with Gasteiger partial charge in [-0.3, -0.25) is 4.79 Å². The second-order valence-electron chi connectivity index (χ2n) is 4.47. The molecule has 0 fully saturated rings. The van der Waals surface area contributed by atoms with Gasteiger partial charge in [-0.05, 0) is 25.7 Å². The first-order chi connectivity index (χ1) is 9.61. The van der Waals surface area contributed by atoms with E-state index in [4.69, 9.17) is 5.11 Å². The fraction of sp³-hybridized carbons (Fsp3) is 0.462. The first-order valence-electron chi connectivity index (χ1n) is 6.46. The summed E-state index contributed by atoms with van der Waals surface area (Å²) in [6, 6.07) is 3.73. The molecule has 1 N–H and O–H groups in total. The normalized spacial score (nSPS) is 11.3. The number of pyridine rings is 1. The highest BCUT2D eigenvalue weighted by Crippen LogP contribution is 2.22. The molecule has 2 heterocycles. The number of carboxylic acids is 1. The standard InChI is InChI=1S/C13H18N4O2S/c1-3-16(2)7-8-17-12-10(5-4-6-14-12)15-13(17)20-9-11(18)19/h4-6H,3,7-9H2,1-2H3,(H,18,19). The molecular formula is C13H18N4O2S. The maximum absolute atomic E-state index is 10.7. The first kappa shape index (κ1) is 14.8. The van der Waals surface area contributed by atoms with Crippen LogP contribution in [-0.4, -0.2) is 56.4 Å². The number of imidazole rings is 1. The molecule has 0 saturated heterocycles.